The molecule has 2 unspecified atom stereocenters. The number of nitrogens with zero attached hydrogens (tertiary/aromatic N) is 3. The van der Waals surface area contributed by atoms with E-state index < -0.39 is 0 Å². The van der Waals surface area contributed by atoms with Gasteiger partial charge in [-0.3, -0.25) is 9.78 Å². The van der Waals surface area contributed by atoms with Gasteiger partial charge in [-0.15, -0.1) is 0 Å². The second-order valence-electron chi connectivity index (χ2n) is 8.37. The fraction of sp³-hybridized carbons (Fsp3) is 0.320. The number of carbonyl (C=O) groups excluding carboxylic acids is 1. The first-order valence-electron chi connectivity index (χ1n) is 10.8. The lowest BCUT2D eigenvalue weighted by Gasteiger charge is -2.28. The van der Waals surface area contributed by atoms with Crippen LogP contribution in [0.4, 0.5) is 5.69 Å². The first-order valence-corrected chi connectivity index (χ1v) is 11.2. The van der Waals surface area contributed by atoms with Crippen molar-refractivity contribution in [1.82, 2.24) is 19.8 Å². The number of amides is 1. The molecule has 2 aromatic heterocycles. The molecule has 1 aliphatic heterocycles. The highest BCUT2D eigenvalue weighted by Crippen LogP contribution is 2.40. The summed E-state index contributed by atoms with van der Waals surface area (Å²) in [6, 6.07) is 15.8. The van der Waals surface area contributed by atoms with Crippen LogP contribution in [-0.2, 0) is 11.8 Å². The number of aromatic nitrogens is 2. The molecular formula is C25H29N5OS. The minimum atomic E-state index is -0.0793. The lowest BCUT2D eigenvalue weighted by Crippen LogP contribution is -2.32. The predicted octanol–water partition coefficient (Wildman–Crippen LogP) is 4.35. The minimum Gasteiger partial charge on any atom is -0.352 e. The average Bonchev–Trinajstić information content (AvgIpc) is 3.25. The summed E-state index contributed by atoms with van der Waals surface area (Å²) < 4.78 is 2.19. The molecule has 4 rings (SSSR count). The van der Waals surface area contributed by atoms with Crippen molar-refractivity contribution in [3.8, 4) is 0 Å². The molecule has 1 fully saturated rings. The number of hydrogen-bond donors (Lipinski definition) is 2. The van der Waals surface area contributed by atoms with Crippen LogP contribution in [0, 0.1) is 20.8 Å². The lowest BCUT2D eigenvalue weighted by molar-refractivity contribution is -0.116. The van der Waals surface area contributed by atoms with Crippen LogP contribution in [0.25, 0.3) is 0 Å². The van der Waals surface area contributed by atoms with Crippen molar-refractivity contribution in [3.63, 3.8) is 0 Å². The van der Waals surface area contributed by atoms with Gasteiger partial charge < -0.3 is 20.1 Å². The number of benzene rings is 1. The van der Waals surface area contributed by atoms with Crippen molar-refractivity contribution < 1.29 is 4.79 Å². The van der Waals surface area contributed by atoms with E-state index in [1.165, 1.54) is 17.0 Å². The van der Waals surface area contributed by atoms with Crippen LogP contribution in [0.15, 0.2) is 54.7 Å². The Labute approximate surface area is 194 Å². The highest BCUT2D eigenvalue weighted by atomic mass is 32.1. The Balaban J connectivity index is 1.57. The Bertz CT molecular complexity index is 1120. The number of hydrogen-bond acceptors (Lipinski definition) is 3. The first kappa shape index (κ1) is 22.0. The molecule has 32 heavy (non-hydrogen) atoms. The van der Waals surface area contributed by atoms with Crippen molar-refractivity contribution in [2.45, 2.75) is 39.3 Å². The summed E-state index contributed by atoms with van der Waals surface area (Å²) in [5, 5.41) is 7.09. The monoisotopic (exact) mass is 447 g/mol. The highest BCUT2D eigenvalue weighted by Gasteiger charge is 2.41. The second kappa shape index (κ2) is 9.12. The summed E-state index contributed by atoms with van der Waals surface area (Å²) in [5.74, 6) is -0.0300. The smallest absolute Gasteiger partial charge is 0.226 e. The van der Waals surface area contributed by atoms with E-state index >= 15 is 0 Å². The van der Waals surface area contributed by atoms with Crippen LogP contribution in [0.3, 0.4) is 0 Å². The summed E-state index contributed by atoms with van der Waals surface area (Å²) in [6.45, 7) is 6.77. The zero-order valence-corrected chi connectivity index (χ0v) is 19.7. The molecule has 1 aliphatic rings. The van der Waals surface area contributed by atoms with Crippen molar-refractivity contribution in [2.75, 3.05) is 11.9 Å². The van der Waals surface area contributed by atoms with Gasteiger partial charge in [0.1, 0.15) is 0 Å². The molecule has 0 bridgehead atoms. The Morgan fingerprint density at radius 2 is 1.91 bits per heavy atom. The van der Waals surface area contributed by atoms with Crippen molar-refractivity contribution in [2.24, 2.45) is 7.05 Å². The summed E-state index contributed by atoms with van der Waals surface area (Å²) in [4.78, 5) is 19.4. The third-order valence-electron chi connectivity index (χ3n) is 6.25. The van der Waals surface area contributed by atoms with Crippen molar-refractivity contribution in [3.05, 3.63) is 82.9 Å². The molecule has 0 aliphatic carbocycles. The van der Waals surface area contributed by atoms with E-state index in [0.29, 0.717) is 18.1 Å². The Morgan fingerprint density at radius 3 is 2.53 bits per heavy atom. The topological polar surface area (TPSA) is 62.2 Å². The Morgan fingerprint density at radius 1 is 1.16 bits per heavy atom. The van der Waals surface area contributed by atoms with Gasteiger partial charge in [0.05, 0.1) is 17.8 Å². The van der Waals surface area contributed by atoms with E-state index in [9.17, 15) is 4.79 Å². The van der Waals surface area contributed by atoms with Gasteiger partial charge in [0.15, 0.2) is 5.11 Å². The molecule has 1 amide bonds. The molecule has 3 aromatic rings. The normalized spacial score (nSPS) is 18.0. The number of thiocarbonyl (C=S) groups is 1. The maximum Gasteiger partial charge on any atom is 0.226 e. The molecule has 2 N–H and O–H groups in total. The Hall–Kier alpha value is -3.19. The van der Waals surface area contributed by atoms with Gasteiger partial charge in [-0.1, -0.05) is 23.8 Å². The quantitative estimate of drug-likeness (QED) is 0.550. The van der Waals surface area contributed by atoms with Gasteiger partial charge in [0.25, 0.3) is 0 Å². The van der Waals surface area contributed by atoms with Crippen LogP contribution in [0.5, 0.6) is 0 Å². The van der Waals surface area contributed by atoms with Crippen LogP contribution in [0.2, 0.25) is 0 Å². The summed E-state index contributed by atoms with van der Waals surface area (Å²) >= 11 is 5.72. The van der Waals surface area contributed by atoms with E-state index in [1.54, 1.807) is 6.20 Å². The Kier molecular flexibility index (Phi) is 6.28. The number of carbonyl (C=O) groups is 1. The largest absolute Gasteiger partial charge is 0.352 e. The zero-order chi connectivity index (χ0) is 22.8. The standard InChI is InChI=1S/C25H29N5OS/c1-16-8-10-19(11-9-16)27-22(31)12-14-30-24(20-15-17(2)29(4)18(20)3)23(28-25(30)32)21-7-5-6-13-26-21/h5-11,13,15,23-24H,12,14H2,1-4H3,(H,27,31)(H,28,32). The van der Waals surface area contributed by atoms with Gasteiger partial charge in [-0.25, -0.2) is 0 Å². The van der Waals surface area contributed by atoms with Crippen molar-refractivity contribution in [1.29, 1.82) is 0 Å². The van der Waals surface area contributed by atoms with Gasteiger partial charge >= 0.3 is 0 Å². The van der Waals surface area contributed by atoms with Crippen LogP contribution >= 0.6 is 12.2 Å². The molecule has 1 aromatic carbocycles. The van der Waals surface area contributed by atoms with E-state index in [4.69, 9.17) is 12.2 Å². The van der Waals surface area contributed by atoms with E-state index in [0.717, 1.165) is 16.9 Å². The SMILES string of the molecule is Cc1ccc(NC(=O)CCN2C(=S)NC(c3ccccn3)C2c2cc(C)n(C)c2C)cc1. The maximum atomic E-state index is 12.7. The predicted molar refractivity (Wildman–Crippen MR) is 131 cm³/mol. The summed E-state index contributed by atoms with van der Waals surface area (Å²) in [5.41, 5.74) is 6.48. The van der Waals surface area contributed by atoms with Crippen LogP contribution in [0.1, 0.15) is 46.7 Å². The van der Waals surface area contributed by atoms with E-state index in [-0.39, 0.29) is 18.0 Å². The minimum absolute atomic E-state index is 0.0300. The molecule has 7 heteroatoms. The molecule has 0 saturated carbocycles. The molecule has 0 spiro atoms. The van der Waals surface area contributed by atoms with Gasteiger partial charge in [0.2, 0.25) is 5.91 Å². The average molecular weight is 448 g/mol. The lowest BCUT2D eigenvalue weighted by atomic mass is 9.96. The molecule has 3 heterocycles. The third kappa shape index (κ3) is 4.39. The van der Waals surface area contributed by atoms with Crippen LogP contribution in [-0.4, -0.2) is 32.0 Å². The number of anilines is 1. The molecule has 166 valence electrons. The molecule has 6 nitrogen and oxygen atoms in total. The molecule has 1 saturated heterocycles. The van der Waals surface area contributed by atoms with Crippen LogP contribution < -0.4 is 10.6 Å². The van der Waals surface area contributed by atoms with E-state index in [2.05, 4.69) is 52.0 Å². The fourth-order valence-corrected chi connectivity index (χ4v) is 4.58. The summed E-state index contributed by atoms with van der Waals surface area (Å²) in [6.07, 6.45) is 2.14. The van der Waals surface area contributed by atoms with Gasteiger partial charge in [-0.2, -0.15) is 0 Å². The number of pyridine rings is 1. The fourth-order valence-electron chi connectivity index (χ4n) is 4.25. The molecule has 0 radical (unpaired) electrons. The number of nitrogens with one attached hydrogen (secondary N) is 2. The zero-order valence-electron chi connectivity index (χ0n) is 18.9. The summed E-state index contributed by atoms with van der Waals surface area (Å²) in [7, 11) is 2.07. The molecular weight excluding hydrogens is 418 g/mol. The van der Waals surface area contributed by atoms with Crippen molar-refractivity contribution >= 4 is 28.9 Å². The highest BCUT2D eigenvalue weighted by molar-refractivity contribution is 7.80. The number of rotatable bonds is 6. The maximum absolute atomic E-state index is 12.7. The number of aryl methyl sites for hydroxylation is 2. The first-order chi connectivity index (χ1) is 15.3. The second-order valence-corrected chi connectivity index (χ2v) is 8.76. The van der Waals surface area contributed by atoms with Gasteiger partial charge in [-0.05, 0) is 68.9 Å². The third-order valence-corrected chi connectivity index (χ3v) is 6.60. The molecule has 2 atom stereocenters. The van der Waals surface area contributed by atoms with E-state index in [1.807, 2.05) is 49.4 Å². The van der Waals surface area contributed by atoms with Gasteiger partial charge in [0, 0.05) is 43.3 Å².